The average molecular weight is 959 g/mol. The van der Waals surface area contributed by atoms with E-state index in [9.17, 15) is 62.3 Å². The van der Waals surface area contributed by atoms with Gasteiger partial charge in [0, 0.05) is 24.0 Å². The molecule has 5 rings (SSSR count). The van der Waals surface area contributed by atoms with E-state index in [2.05, 4.69) is 4.18 Å². The van der Waals surface area contributed by atoms with Crippen LogP contribution >= 0.6 is 0 Å². The van der Waals surface area contributed by atoms with Crippen molar-refractivity contribution in [2.45, 2.75) is 113 Å². The molecule has 65 heavy (non-hydrogen) atoms. The Morgan fingerprint density at radius 1 is 0.754 bits per heavy atom. The zero-order chi connectivity index (χ0) is 48.3. The Morgan fingerprint density at radius 3 is 1.78 bits per heavy atom. The largest absolute Gasteiger partial charge is 0.534 e. The van der Waals surface area contributed by atoms with Crippen molar-refractivity contribution in [2.75, 3.05) is 14.2 Å². The van der Waals surface area contributed by atoms with Crippen molar-refractivity contribution >= 4 is 27.9 Å². The minimum atomic E-state index is -6.71. The summed E-state index contributed by atoms with van der Waals surface area (Å²) in [6.07, 6.45) is -21.3. The number of nitrogens with one attached hydrogen (secondary N) is 2. The molecule has 0 spiro atoms. The summed E-state index contributed by atoms with van der Waals surface area (Å²) in [6.45, 7) is 3.38. The molecule has 14 nitrogen and oxygen atoms in total. The first-order valence-corrected chi connectivity index (χ1v) is 20.8. The summed E-state index contributed by atoms with van der Waals surface area (Å²) in [5.41, 5.74) is -9.41. The molecule has 0 aromatic heterocycles. The number of carbonyl (C=O) groups excluding carboxylic acids is 3. The molecule has 0 saturated carbocycles. The molecule has 2 saturated heterocycles. The van der Waals surface area contributed by atoms with E-state index in [0.29, 0.717) is 11.1 Å². The Labute approximate surface area is 366 Å². The number of hydrogen-bond acceptors (Lipinski definition) is 12. The van der Waals surface area contributed by atoms with Crippen molar-refractivity contribution in [1.29, 1.82) is 0 Å². The molecule has 0 bridgehead atoms. The van der Waals surface area contributed by atoms with Crippen LogP contribution in [0.2, 0.25) is 0 Å². The van der Waals surface area contributed by atoms with Gasteiger partial charge in [0.1, 0.15) is 23.5 Å². The first-order valence-electron chi connectivity index (χ1n) is 19.4. The number of methoxy groups -OCH3 is 2. The van der Waals surface area contributed by atoms with Gasteiger partial charge >= 0.3 is 45.8 Å². The van der Waals surface area contributed by atoms with E-state index in [1.54, 1.807) is 66.0 Å². The Kier molecular flexibility index (Phi) is 15.4. The second-order valence-electron chi connectivity index (χ2n) is 15.3. The first-order chi connectivity index (χ1) is 30.2. The highest BCUT2D eigenvalue weighted by molar-refractivity contribution is 7.88. The predicted octanol–water partition coefficient (Wildman–Crippen LogP) is 7.07. The molecule has 2 amide bonds. The fourth-order valence-corrected chi connectivity index (χ4v) is 8.22. The average Bonchev–Trinajstić information content (AvgIpc) is 3.21. The summed E-state index contributed by atoms with van der Waals surface area (Å²) in [5.74, 6) is -8.68. The number of esters is 1. The monoisotopic (exact) mass is 958 g/mol. The molecule has 2 heterocycles. The minimum absolute atomic E-state index is 0.194. The topological polar surface area (TPSA) is 174 Å². The van der Waals surface area contributed by atoms with Gasteiger partial charge in [-0.2, -0.15) is 47.9 Å². The van der Waals surface area contributed by atoms with Gasteiger partial charge < -0.3 is 43.2 Å². The van der Waals surface area contributed by atoms with E-state index in [4.69, 9.17) is 28.4 Å². The maximum absolute atomic E-state index is 14.0. The molecular weight excluding hydrogens is 916 g/mol. The van der Waals surface area contributed by atoms with Crippen molar-refractivity contribution in [2.24, 2.45) is 0 Å². The van der Waals surface area contributed by atoms with E-state index >= 15 is 0 Å². The van der Waals surface area contributed by atoms with Crippen LogP contribution in [0.1, 0.15) is 78.4 Å². The van der Waals surface area contributed by atoms with Crippen LogP contribution in [0.15, 0.2) is 66.7 Å². The van der Waals surface area contributed by atoms with Crippen molar-refractivity contribution in [3.63, 3.8) is 0 Å². The third-order valence-electron chi connectivity index (χ3n) is 10.6. The summed E-state index contributed by atoms with van der Waals surface area (Å²) >= 11 is 0. The number of ether oxygens (including phenoxy) is 6. The fourth-order valence-electron chi connectivity index (χ4n) is 7.73. The van der Waals surface area contributed by atoms with Gasteiger partial charge in [0.25, 0.3) is 0 Å². The summed E-state index contributed by atoms with van der Waals surface area (Å²) in [7, 11) is -5.09. The summed E-state index contributed by atoms with van der Waals surface area (Å²) < 4.78 is 189. The minimum Gasteiger partial charge on any atom is -0.495 e. The van der Waals surface area contributed by atoms with Crippen LogP contribution in [-0.2, 0) is 56.6 Å². The molecule has 2 aliphatic heterocycles. The number of amides is 2. The number of hydrogen-bond donors (Lipinski definition) is 2. The van der Waals surface area contributed by atoms with Crippen molar-refractivity contribution < 1.29 is 94.9 Å². The molecule has 3 aromatic rings. The Morgan fingerprint density at radius 2 is 1.28 bits per heavy atom. The lowest BCUT2D eigenvalue weighted by atomic mass is 9.79. The van der Waals surface area contributed by atoms with Crippen molar-refractivity contribution in [3.05, 3.63) is 94.5 Å². The van der Waals surface area contributed by atoms with Crippen LogP contribution in [-0.4, -0.2) is 94.3 Å². The normalized spacial score (nSPS) is 25.3. The van der Waals surface area contributed by atoms with E-state index in [0.717, 1.165) is 20.3 Å². The molecule has 8 atom stereocenters. The lowest BCUT2D eigenvalue weighted by Crippen LogP contribution is -2.64. The van der Waals surface area contributed by atoms with Gasteiger partial charge in [0.15, 0.2) is 5.75 Å². The highest BCUT2D eigenvalue weighted by atomic mass is 32.2. The third-order valence-corrected chi connectivity index (χ3v) is 11.5. The standard InChI is InChI=1S/C41H43F9N2O12S/c1-21-31(60-19-23-12-8-6-9-13-23)27(51-36(54)39(42,43)44)17-28(62-21)25-16-26(32(58-4)30(35(53)59-5)33(25)64-65(56,57)41(48,49)50)29-18-38(3,52-37(55)40(45,46)47)34(22(2)63-29)61-20-24-14-10-7-11-15-24/h6-16,21-22,27-29,31,34H,17-20H2,1-5H3,(H,51,54)(H,52,55)/t21?,22?,27-,28-,29+,31-,34-,38-/m1/s1. The molecule has 2 unspecified atom stereocenters. The van der Waals surface area contributed by atoms with Crippen LogP contribution in [0.5, 0.6) is 11.5 Å². The molecular formula is C41H43F9N2O12S. The van der Waals surface area contributed by atoms with Gasteiger partial charge in [-0.25, -0.2) is 4.79 Å². The van der Waals surface area contributed by atoms with Gasteiger partial charge in [-0.05, 0) is 38.0 Å². The van der Waals surface area contributed by atoms with Crippen LogP contribution < -0.4 is 19.6 Å². The van der Waals surface area contributed by atoms with Gasteiger partial charge in [-0.3, -0.25) is 9.59 Å². The summed E-state index contributed by atoms with van der Waals surface area (Å²) in [5, 5.41) is 3.74. The number of rotatable bonds is 14. The Hall–Kier alpha value is -5.17. The zero-order valence-electron chi connectivity index (χ0n) is 34.9. The fraction of sp³-hybridized carbons (Fsp3) is 0.488. The Balaban J connectivity index is 1.70. The first kappa shape index (κ1) is 50.8. The van der Waals surface area contributed by atoms with E-state index in [-0.39, 0.29) is 13.2 Å². The van der Waals surface area contributed by atoms with Gasteiger partial charge in [0.05, 0.1) is 63.4 Å². The molecule has 3 aromatic carbocycles. The molecule has 358 valence electrons. The van der Waals surface area contributed by atoms with Crippen LogP contribution in [0.4, 0.5) is 39.5 Å². The highest BCUT2D eigenvalue weighted by Gasteiger charge is 2.54. The molecule has 2 fully saturated rings. The van der Waals surface area contributed by atoms with E-state index < -0.39 is 135 Å². The van der Waals surface area contributed by atoms with Gasteiger partial charge in [-0.15, -0.1) is 0 Å². The molecule has 0 aliphatic carbocycles. The van der Waals surface area contributed by atoms with Crippen LogP contribution in [0.25, 0.3) is 0 Å². The van der Waals surface area contributed by atoms with Crippen LogP contribution in [0, 0.1) is 0 Å². The molecule has 2 aliphatic rings. The second-order valence-corrected chi connectivity index (χ2v) is 16.8. The smallest absolute Gasteiger partial charge is 0.495 e. The summed E-state index contributed by atoms with van der Waals surface area (Å²) in [4.78, 5) is 38.6. The maximum Gasteiger partial charge on any atom is 0.534 e. The molecule has 0 radical (unpaired) electrons. The molecule has 2 N–H and O–H groups in total. The molecule has 24 heteroatoms. The van der Waals surface area contributed by atoms with Gasteiger partial charge in [-0.1, -0.05) is 60.7 Å². The van der Waals surface area contributed by atoms with E-state index in [1.165, 1.54) is 20.8 Å². The van der Waals surface area contributed by atoms with Crippen molar-refractivity contribution in [3.8, 4) is 11.5 Å². The van der Waals surface area contributed by atoms with Crippen molar-refractivity contribution in [1.82, 2.24) is 10.6 Å². The maximum atomic E-state index is 14.0. The quantitative estimate of drug-likeness (QED) is 0.0730. The predicted molar refractivity (Wildman–Crippen MR) is 206 cm³/mol. The number of benzene rings is 3. The number of alkyl halides is 9. The lowest BCUT2D eigenvalue weighted by Gasteiger charge is -2.48. The zero-order valence-corrected chi connectivity index (χ0v) is 35.7. The van der Waals surface area contributed by atoms with E-state index in [1.807, 2.05) is 5.32 Å². The van der Waals surface area contributed by atoms with Crippen LogP contribution in [0.3, 0.4) is 0 Å². The Bertz CT molecular complexity index is 2280. The second kappa shape index (κ2) is 19.7. The summed E-state index contributed by atoms with van der Waals surface area (Å²) in [6, 6.07) is 15.7. The van der Waals surface area contributed by atoms with Gasteiger partial charge in [0.2, 0.25) is 0 Å². The SMILES string of the molecule is COC(=O)c1c(OC)c([C@@H]2C[C@@](C)(NC(=O)C(F)(F)F)[C@H](OCc3ccccc3)C(C)O2)cc([C@H]2C[C@@H](NC(=O)C(F)(F)F)[C@H](OCc3ccccc3)C(C)O2)c1OS(=O)(=O)C(F)(F)F. The number of halogens is 9. The third kappa shape index (κ3) is 11.8. The lowest BCUT2D eigenvalue weighted by molar-refractivity contribution is -0.196. The highest BCUT2D eigenvalue weighted by Crippen LogP contribution is 2.50. The number of carbonyl (C=O) groups is 3.